The standard InChI is InChI=1S/C17H23N3O10/c18-4-3-10(21)20-8-5-7(6-28-17(19)27)1-2-9(8)29-16-13(24)11(22)12(23)14(30-16)15(25)26/h1-2,5,11-14,16,22-24H,3-4,6,18H2,(H2,19,27)(H,20,21)(H,25,26)/t11-,12-,13+,14-,16+/m0/s1. The van der Waals surface area contributed by atoms with Crippen LogP contribution in [0.1, 0.15) is 12.0 Å². The molecule has 9 N–H and O–H groups in total. The topological polar surface area (TPSA) is 224 Å². The summed E-state index contributed by atoms with van der Waals surface area (Å²) < 4.78 is 15.2. The highest BCUT2D eigenvalue weighted by atomic mass is 16.7. The van der Waals surface area contributed by atoms with Gasteiger partial charge in [0.15, 0.2) is 6.10 Å². The number of aliphatic hydroxyl groups excluding tert-OH is 3. The quantitative estimate of drug-likeness (QED) is 0.235. The van der Waals surface area contributed by atoms with Crippen LogP contribution in [0.5, 0.6) is 5.75 Å². The molecule has 0 spiro atoms. The highest BCUT2D eigenvalue weighted by Crippen LogP contribution is 2.31. The van der Waals surface area contributed by atoms with E-state index in [2.05, 4.69) is 10.1 Å². The van der Waals surface area contributed by atoms with E-state index in [-0.39, 0.29) is 31.0 Å². The number of aliphatic carboxylic acids is 1. The highest BCUT2D eigenvalue weighted by molar-refractivity contribution is 5.92. The molecule has 1 aliphatic heterocycles. The maximum Gasteiger partial charge on any atom is 0.404 e. The van der Waals surface area contributed by atoms with Crippen LogP contribution in [-0.2, 0) is 25.7 Å². The Balaban J connectivity index is 2.28. The van der Waals surface area contributed by atoms with E-state index in [1.807, 2.05) is 0 Å². The molecule has 0 saturated carbocycles. The maximum absolute atomic E-state index is 12.0. The van der Waals surface area contributed by atoms with Gasteiger partial charge in [-0.05, 0) is 17.7 Å². The average Bonchev–Trinajstić information content (AvgIpc) is 2.68. The molecule has 13 heteroatoms. The van der Waals surface area contributed by atoms with Crippen molar-refractivity contribution in [1.82, 2.24) is 0 Å². The van der Waals surface area contributed by atoms with Gasteiger partial charge in [0.05, 0.1) is 5.69 Å². The van der Waals surface area contributed by atoms with E-state index in [0.29, 0.717) is 5.56 Å². The normalized spacial score (nSPS) is 25.9. The van der Waals surface area contributed by atoms with Gasteiger partial charge in [0.1, 0.15) is 30.7 Å². The number of nitrogens with two attached hydrogens (primary N) is 2. The van der Waals surface area contributed by atoms with Crippen molar-refractivity contribution in [3.8, 4) is 5.75 Å². The molecule has 0 aliphatic carbocycles. The van der Waals surface area contributed by atoms with Crippen LogP contribution in [0.25, 0.3) is 0 Å². The fraction of sp³-hybridized carbons (Fsp3) is 0.471. The number of anilines is 1. The molecule has 5 atom stereocenters. The fourth-order valence-electron chi connectivity index (χ4n) is 2.64. The molecule has 166 valence electrons. The molecule has 1 aromatic rings. The van der Waals surface area contributed by atoms with Gasteiger partial charge in [-0.3, -0.25) is 4.79 Å². The summed E-state index contributed by atoms with van der Waals surface area (Å²) in [5.41, 5.74) is 10.8. The Morgan fingerprint density at radius 2 is 1.83 bits per heavy atom. The molecular formula is C17H23N3O10. The Morgan fingerprint density at radius 3 is 2.43 bits per heavy atom. The Kier molecular flexibility index (Phi) is 7.91. The molecule has 30 heavy (non-hydrogen) atoms. The SMILES string of the molecule is NCCC(=O)Nc1cc(COC(N)=O)ccc1O[C@@H]1O[C@H](C(=O)O)[C@@H](O)[C@H](O)[C@H]1O. The summed E-state index contributed by atoms with van der Waals surface area (Å²) in [7, 11) is 0. The zero-order valence-corrected chi connectivity index (χ0v) is 15.6. The minimum Gasteiger partial charge on any atom is -0.479 e. The van der Waals surface area contributed by atoms with Gasteiger partial charge < -0.3 is 51.4 Å². The summed E-state index contributed by atoms with van der Waals surface area (Å²) in [4.78, 5) is 34.0. The number of rotatable bonds is 8. The predicted molar refractivity (Wildman–Crippen MR) is 98.1 cm³/mol. The molecule has 13 nitrogen and oxygen atoms in total. The van der Waals surface area contributed by atoms with Crippen LogP contribution in [0, 0.1) is 0 Å². The number of carboxylic acid groups (broad SMARTS) is 1. The van der Waals surface area contributed by atoms with Gasteiger partial charge in [-0.25, -0.2) is 9.59 Å². The molecule has 0 aromatic heterocycles. The van der Waals surface area contributed by atoms with Crippen molar-refractivity contribution in [2.24, 2.45) is 11.5 Å². The lowest BCUT2D eigenvalue weighted by Crippen LogP contribution is -2.61. The van der Waals surface area contributed by atoms with Gasteiger partial charge >= 0.3 is 12.1 Å². The summed E-state index contributed by atoms with van der Waals surface area (Å²) in [5.74, 6) is -2.10. The summed E-state index contributed by atoms with van der Waals surface area (Å²) in [6.45, 7) is -0.134. The largest absolute Gasteiger partial charge is 0.479 e. The molecule has 1 aromatic carbocycles. The van der Waals surface area contributed by atoms with Gasteiger partial charge in [0, 0.05) is 13.0 Å². The van der Waals surface area contributed by atoms with Crippen molar-refractivity contribution in [3.63, 3.8) is 0 Å². The van der Waals surface area contributed by atoms with Crippen molar-refractivity contribution < 1.29 is 49.0 Å². The van der Waals surface area contributed by atoms with Gasteiger partial charge in [-0.2, -0.15) is 0 Å². The number of nitrogens with one attached hydrogen (secondary N) is 1. The lowest BCUT2D eigenvalue weighted by Gasteiger charge is -2.38. The number of primary amides is 1. The van der Waals surface area contributed by atoms with E-state index >= 15 is 0 Å². The molecule has 2 rings (SSSR count). The van der Waals surface area contributed by atoms with E-state index in [1.165, 1.54) is 18.2 Å². The number of carbonyl (C=O) groups excluding carboxylic acids is 2. The molecule has 0 radical (unpaired) electrons. The van der Waals surface area contributed by atoms with Crippen molar-refractivity contribution in [2.45, 2.75) is 43.7 Å². The monoisotopic (exact) mass is 429 g/mol. The zero-order chi connectivity index (χ0) is 22.4. The average molecular weight is 429 g/mol. The fourth-order valence-corrected chi connectivity index (χ4v) is 2.64. The van der Waals surface area contributed by atoms with Gasteiger partial charge in [-0.15, -0.1) is 0 Å². The molecule has 1 heterocycles. The second kappa shape index (κ2) is 10.2. The Labute approximate surface area is 170 Å². The number of hydrogen-bond donors (Lipinski definition) is 7. The third-order valence-electron chi connectivity index (χ3n) is 4.13. The smallest absolute Gasteiger partial charge is 0.404 e. The molecule has 1 aliphatic rings. The van der Waals surface area contributed by atoms with Crippen LogP contribution in [0.4, 0.5) is 10.5 Å². The molecule has 1 saturated heterocycles. The minimum atomic E-state index is -1.88. The Morgan fingerprint density at radius 1 is 1.13 bits per heavy atom. The van der Waals surface area contributed by atoms with Crippen LogP contribution < -0.4 is 21.5 Å². The van der Waals surface area contributed by atoms with Crippen LogP contribution in [0.15, 0.2) is 18.2 Å². The van der Waals surface area contributed by atoms with E-state index in [0.717, 1.165) is 0 Å². The van der Waals surface area contributed by atoms with E-state index in [9.17, 15) is 29.7 Å². The van der Waals surface area contributed by atoms with Crippen LogP contribution in [0.3, 0.4) is 0 Å². The van der Waals surface area contributed by atoms with Crippen LogP contribution in [-0.4, -0.2) is 75.6 Å². The van der Waals surface area contributed by atoms with Crippen molar-refractivity contribution in [2.75, 3.05) is 11.9 Å². The predicted octanol–water partition coefficient (Wildman–Crippen LogP) is -2.16. The lowest BCUT2D eigenvalue weighted by atomic mass is 9.99. The second-order valence-electron chi connectivity index (χ2n) is 6.38. The van der Waals surface area contributed by atoms with Crippen molar-refractivity contribution in [3.05, 3.63) is 23.8 Å². The number of benzene rings is 1. The maximum atomic E-state index is 12.0. The number of aliphatic hydroxyl groups is 3. The summed E-state index contributed by atoms with van der Waals surface area (Å²) in [6, 6.07) is 4.18. The van der Waals surface area contributed by atoms with E-state index in [4.69, 9.17) is 26.0 Å². The van der Waals surface area contributed by atoms with Crippen molar-refractivity contribution in [1.29, 1.82) is 0 Å². The number of carboxylic acids is 1. The lowest BCUT2D eigenvalue weighted by molar-refractivity contribution is -0.271. The molecule has 0 bridgehead atoms. The number of ether oxygens (including phenoxy) is 3. The number of carbonyl (C=O) groups is 3. The molecule has 0 unspecified atom stereocenters. The second-order valence-corrected chi connectivity index (χ2v) is 6.38. The van der Waals surface area contributed by atoms with Gasteiger partial charge in [0.25, 0.3) is 0 Å². The van der Waals surface area contributed by atoms with Gasteiger partial charge in [-0.1, -0.05) is 6.07 Å². The summed E-state index contributed by atoms with van der Waals surface area (Å²) >= 11 is 0. The van der Waals surface area contributed by atoms with E-state index < -0.39 is 48.7 Å². The first kappa shape index (κ1) is 23.3. The van der Waals surface area contributed by atoms with Crippen molar-refractivity contribution >= 4 is 23.7 Å². The first-order valence-electron chi connectivity index (χ1n) is 8.78. The highest BCUT2D eigenvalue weighted by Gasteiger charge is 2.48. The Hall–Kier alpha value is -2.97. The molecule has 2 amide bonds. The number of amides is 2. The first-order chi connectivity index (χ1) is 14.1. The summed E-state index contributed by atoms with van der Waals surface area (Å²) in [5, 5.41) is 41.4. The van der Waals surface area contributed by atoms with Crippen LogP contribution >= 0.6 is 0 Å². The third kappa shape index (κ3) is 5.77. The number of hydrogen-bond acceptors (Lipinski definition) is 10. The van der Waals surface area contributed by atoms with E-state index in [1.54, 1.807) is 0 Å². The minimum absolute atomic E-state index is 0.0179. The third-order valence-corrected chi connectivity index (χ3v) is 4.13. The van der Waals surface area contributed by atoms with Crippen LogP contribution in [0.2, 0.25) is 0 Å². The van der Waals surface area contributed by atoms with Gasteiger partial charge in [0.2, 0.25) is 12.2 Å². The zero-order valence-electron chi connectivity index (χ0n) is 15.6. The first-order valence-corrected chi connectivity index (χ1v) is 8.78. The Bertz CT molecular complexity index is 789. The molecular weight excluding hydrogens is 406 g/mol. The molecule has 1 fully saturated rings. The summed E-state index contributed by atoms with van der Waals surface area (Å²) in [6.07, 6.45) is -10.1.